The van der Waals surface area contributed by atoms with E-state index < -0.39 is 0 Å². The van der Waals surface area contributed by atoms with E-state index in [1.807, 2.05) is 14.0 Å². The molecule has 1 aromatic rings. The predicted molar refractivity (Wildman–Crippen MR) is 67.1 cm³/mol. The summed E-state index contributed by atoms with van der Waals surface area (Å²) >= 11 is 0. The van der Waals surface area contributed by atoms with Crippen LogP contribution >= 0.6 is 0 Å². The average Bonchev–Trinajstić information content (AvgIpc) is 2.29. The highest BCUT2D eigenvalue weighted by Crippen LogP contribution is 2.22. The molecule has 0 fully saturated rings. The Kier molecular flexibility index (Phi) is 5.55. The molecule has 0 aromatic heterocycles. The van der Waals surface area contributed by atoms with E-state index in [9.17, 15) is 4.39 Å². The molecule has 0 aliphatic heterocycles. The molecule has 0 aliphatic rings. The number of hydrogen-bond acceptors (Lipinski definition) is 3. The van der Waals surface area contributed by atoms with Crippen LogP contribution in [0.5, 0.6) is 0 Å². The largest absolute Gasteiger partial charge is 0.396 e. The van der Waals surface area contributed by atoms with Crippen LogP contribution in [0.1, 0.15) is 24.9 Å². The van der Waals surface area contributed by atoms with Gasteiger partial charge in [-0.25, -0.2) is 4.39 Å². The minimum Gasteiger partial charge on any atom is -0.396 e. The zero-order valence-electron chi connectivity index (χ0n) is 10.4. The smallest absolute Gasteiger partial charge is 0.123 e. The fourth-order valence-corrected chi connectivity index (χ4v) is 2.08. The lowest BCUT2D eigenvalue weighted by Gasteiger charge is -2.31. The van der Waals surface area contributed by atoms with Crippen molar-refractivity contribution in [2.75, 3.05) is 20.2 Å². The van der Waals surface area contributed by atoms with Crippen molar-refractivity contribution in [1.82, 2.24) is 4.90 Å². The Morgan fingerprint density at radius 1 is 1.35 bits per heavy atom. The Bertz CT molecular complexity index is 327. The zero-order valence-corrected chi connectivity index (χ0v) is 10.4. The van der Waals surface area contributed by atoms with Crippen LogP contribution in [0.25, 0.3) is 0 Å². The molecule has 96 valence electrons. The van der Waals surface area contributed by atoms with E-state index in [1.165, 1.54) is 12.1 Å². The summed E-state index contributed by atoms with van der Waals surface area (Å²) in [7, 11) is 1.97. The van der Waals surface area contributed by atoms with Crippen LogP contribution in [0, 0.1) is 5.82 Å². The summed E-state index contributed by atoms with van der Waals surface area (Å²) < 4.78 is 12.9. The lowest BCUT2D eigenvalue weighted by molar-refractivity contribution is 0.191. The maximum absolute atomic E-state index is 12.9. The first kappa shape index (κ1) is 14.1. The topological polar surface area (TPSA) is 49.5 Å². The third kappa shape index (κ3) is 4.07. The monoisotopic (exact) mass is 240 g/mol. The van der Waals surface area contributed by atoms with E-state index in [4.69, 9.17) is 10.8 Å². The Hall–Kier alpha value is -0.970. The number of benzene rings is 1. The van der Waals surface area contributed by atoms with Crippen LogP contribution in [-0.2, 0) is 0 Å². The molecule has 0 radical (unpaired) electrons. The summed E-state index contributed by atoms with van der Waals surface area (Å²) in [5, 5.41) is 8.83. The van der Waals surface area contributed by atoms with Crippen LogP contribution in [0.15, 0.2) is 24.3 Å². The van der Waals surface area contributed by atoms with Gasteiger partial charge in [-0.3, -0.25) is 4.90 Å². The highest BCUT2D eigenvalue weighted by atomic mass is 19.1. The molecule has 1 rings (SSSR count). The number of nitrogens with two attached hydrogens (primary N) is 1. The number of likely N-dealkylation sites (N-methyl/N-ethyl adjacent to an activating group) is 1. The van der Waals surface area contributed by atoms with Gasteiger partial charge in [-0.1, -0.05) is 12.1 Å². The van der Waals surface area contributed by atoms with E-state index in [2.05, 4.69) is 4.90 Å². The number of aliphatic hydroxyl groups is 1. The number of rotatable bonds is 6. The molecule has 0 spiro atoms. The van der Waals surface area contributed by atoms with Crippen molar-refractivity contribution >= 4 is 0 Å². The molecule has 0 heterocycles. The molecule has 3 nitrogen and oxygen atoms in total. The zero-order chi connectivity index (χ0) is 12.8. The standard InChI is InChI=1S/C13H21FN2O/c1-10(15)13(16(2)8-3-9-17)11-4-6-12(14)7-5-11/h4-7,10,13,17H,3,8-9,15H2,1-2H3. The minimum atomic E-state index is -0.241. The van der Waals surface area contributed by atoms with Crippen LogP contribution in [0.3, 0.4) is 0 Å². The van der Waals surface area contributed by atoms with Crippen molar-refractivity contribution in [3.63, 3.8) is 0 Å². The Morgan fingerprint density at radius 2 is 1.94 bits per heavy atom. The van der Waals surface area contributed by atoms with Crippen molar-refractivity contribution in [2.24, 2.45) is 5.73 Å². The maximum atomic E-state index is 12.9. The molecule has 0 amide bonds. The van der Waals surface area contributed by atoms with Gasteiger partial charge in [0.1, 0.15) is 5.82 Å². The van der Waals surface area contributed by atoms with Crippen molar-refractivity contribution < 1.29 is 9.50 Å². The third-order valence-electron chi connectivity index (χ3n) is 2.85. The molecule has 0 bridgehead atoms. The van der Waals surface area contributed by atoms with Gasteiger partial charge >= 0.3 is 0 Å². The molecule has 17 heavy (non-hydrogen) atoms. The molecular weight excluding hydrogens is 219 g/mol. The van der Waals surface area contributed by atoms with E-state index in [1.54, 1.807) is 12.1 Å². The van der Waals surface area contributed by atoms with Gasteiger partial charge in [-0.2, -0.15) is 0 Å². The third-order valence-corrected chi connectivity index (χ3v) is 2.85. The van der Waals surface area contributed by atoms with E-state index in [0.717, 1.165) is 12.1 Å². The van der Waals surface area contributed by atoms with Crippen molar-refractivity contribution in [3.8, 4) is 0 Å². The first-order valence-corrected chi connectivity index (χ1v) is 5.88. The molecule has 2 atom stereocenters. The average molecular weight is 240 g/mol. The Balaban J connectivity index is 2.81. The normalized spacial score (nSPS) is 14.9. The lowest BCUT2D eigenvalue weighted by atomic mass is 9.99. The van der Waals surface area contributed by atoms with E-state index in [-0.39, 0.29) is 24.5 Å². The van der Waals surface area contributed by atoms with Crippen LogP contribution in [-0.4, -0.2) is 36.2 Å². The van der Waals surface area contributed by atoms with Crippen LogP contribution in [0.2, 0.25) is 0 Å². The van der Waals surface area contributed by atoms with Crippen molar-refractivity contribution in [1.29, 1.82) is 0 Å². The van der Waals surface area contributed by atoms with Gasteiger partial charge in [0.15, 0.2) is 0 Å². The molecule has 0 saturated carbocycles. The number of hydrogen-bond donors (Lipinski definition) is 2. The molecule has 4 heteroatoms. The summed E-state index contributed by atoms with van der Waals surface area (Å²) in [6.07, 6.45) is 0.709. The summed E-state index contributed by atoms with van der Waals surface area (Å²) in [5.74, 6) is -0.241. The quantitative estimate of drug-likeness (QED) is 0.792. The number of aliphatic hydroxyl groups excluding tert-OH is 1. The Labute approximate surface area is 102 Å². The second kappa shape index (κ2) is 6.69. The van der Waals surface area contributed by atoms with Gasteiger partial charge < -0.3 is 10.8 Å². The first-order chi connectivity index (χ1) is 8.06. The first-order valence-electron chi connectivity index (χ1n) is 5.88. The van der Waals surface area contributed by atoms with Crippen molar-refractivity contribution in [3.05, 3.63) is 35.6 Å². The summed E-state index contributed by atoms with van der Waals surface area (Å²) in [5.41, 5.74) is 6.98. The van der Waals surface area contributed by atoms with Gasteiger partial charge in [0, 0.05) is 25.2 Å². The number of nitrogens with zero attached hydrogens (tertiary/aromatic N) is 1. The van der Waals surface area contributed by atoms with E-state index in [0.29, 0.717) is 6.42 Å². The van der Waals surface area contributed by atoms with Gasteiger partial charge in [0.25, 0.3) is 0 Å². The second-order valence-corrected chi connectivity index (χ2v) is 4.41. The van der Waals surface area contributed by atoms with Crippen LogP contribution < -0.4 is 5.73 Å². The molecule has 2 unspecified atom stereocenters. The van der Waals surface area contributed by atoms with Gasteiger partial charge in [-0.05, 0) is 38.1 Å². The molecule has 1 aromatic carbocycles. The van der Waals surface area contributed by atoms with Gasteiger partial charge in [-0.15, -0.1) is 0 Å². The molecule has 3 N–H and O–H groups in total. The summed E-state index contributed by atoms with van der Waals surface area (Å²) in [4.78, 5) is 2.09. The van der Waals surface area contributed by atoms with Gasteiger partial charge in [0.05, 0.1) is 0 Å². The highest BCUT2D eigenvalue weighted by Gasteiger charge is 2.20. The molecule has 0 saturated heterocycles. The minimum absolute atomic E-state index is 0.0437. The SMILES string of the molecule is CC(N)C(c1ccc(F)cc1)N(C)CCCO. The fourth-order valence-electron chi connectivity index (χ4n) is 2.08. The lowest BCUT2D eigenvalue weighted by Crippen LogP contribution is -2.38. The molecular formula is C13H21FN2O. The fraction of sp³-hybridized carbons (Fsp3) is 0.538. The maximum Gasteiger partial charge on any atom is 0.123 e. The van der Waals surface area contributed by atoms with Crippen LogP contribution in [0.4, 0.5) is 4.39 Å². The summed E-state index contributed by atoms with van der Waals surface area (Å²) in [6, 6.07) is 6.42. The van der Waals surface area contributed by atoms with Crippen molar-refractivity contribution in [2.45, 2.75) is 25.4 Å². The predicted octanol–water partition coefficient (Wildman–Crippen LogP) is 1.53. The van der Waals surface area contributed by atoms with E-state index >= 15 is 0 Å². The molecule has 0 aliphatic carbocycles. The van der Waals surface area contributed by atoms with Gasteiger partial charge in [0.2, 0.25) is 0 Å². The second-order valence-electron chi connectivity index (χ2n) is 4.41. The Morgan fingerprint density at radius 3 is 2.41 bits per heavy atom. The number of halogens is 1. The summed E-state index contributed by atoms with van der Waals surface area (Å²) in [6.45, 7) is 2.86. The highest BCUT2D eigenvalue weighted by molar-refractivity contribution is 5.21.